The average molecular weight is 257 g/mol. The second kappa shape index (κ2) is 6.03. The molecule has 0 aromatic heterocycles. The van der Waals surface area contributed by atoms with Gasteiger partial charge in [0.25, 0.3) is 0 Å². The second-order valence-corrected chi connectivity index (χ2v) is 4.19. The van der Waals surface area contributed by atoms with Crippen molar-refractivity contribution < 1.29 is 0 Å². The topological polar surface area (TPSA) is 38.4 Å². The van der Waals surface area contributed by atoms with Gasteiger partial charge in [0, 0.05) is 5.02 Å². The fourth-order valence-electron chi connectivity index (χ4n) is 1.45. The van der Waals surface area contributed by atoms with Gasteiger partial charge in [-0.15, -0.1) is 0 Å². The molecular formula is C15H13ClN2. The van der Waals surface area contributed by atoms with Gasteiger partial charge in [0.2, 0.25) is 0 Å². The Morgan fingerprint density at radius 3 is 2.33 bits per heavy atom. The van der Waals surface area contributed by atoms with Crippen LogP contribution < -0.4 is 5.73 Å². The van der Waals surface area contributed by atoms with Crippen molar-refractivity contribution in [2.24, 2.45) is 10.7 Å². The Hall–Kier alpha value is -2.06. The number of nitrogens with zero attached hydrogens (tertiary/aromatic N) is 1. The molecule has 0 unspecified atom stereocenters. The van der Waals surface area contributed by atoms with Gasteiger partial charge in [0.15, 0.2) is 0 Å². The van der Waals surface area contributed by atoms with Gasteiger partial charge in [-0.1, -0.05) is 48.0 Å². The van der Waals surface area contributed by atoms with E-state index in [1.807, 2.05) is 48.5 Å². The van der Waals surface area contributed by atoms with Gasteiger partial charge in [-0.2, -0.15) is 0 Å². The average Bonchev–Trinajstić information content (AvgIpc) is 2.40. The van der Waals surface area contributed by atoms with Gasteiger partial charge in [-0.3, -0.25) is 0 Å². The summed E-state index contributed by atoms with van der Waals surface area (Å²) in [5, 5.41) is 0.687. The van der Waals surface area contributed by atoms with Crippen molar-refractivity contribution in [3.05, 3.63) is 71.3 Å². The fraction of sp³-hybridized carbons (Fsp3) is 0. The Kier molecular flexibility index (Phi) is 4.15. The van der Waals surface area contributed by atoms with Gasteiger partial charge in [-0.05, 0) is 35.9 Å². The Labute approximate surface area is 111 Å². The van der Waals surface area contributed by atoms with E-state index >= 15 is 0 Å². The van der Waals surface area contributed by atoms with Crippen LogP contribution in [0.15, 0.2) is 65.7 Å². The lowest BCUT2D eigenvalue weighted by Gasteiger charge is -1.96. The summed E-state index contributed by atoms with van der Waals surface area (Å²) in [6.45, 7) is 0. The summed E-state index contributed by atoms with van der Waals surface area (Å²) in [5.41, 5.74) is 7.70. The minimum Gasteiger partial charge on any atom is -0.384 e. The quantitative estimate of drug-likeness (QED) is 0.653. The number of nitrogens with two attached hydrogens (primary N) is 1. The molecule has 0 bridgehead atoms. The van der Waals surface area contributed by atoms with Crippen molar-refractivity contribution in [2.45, 2.75) is 0 Å². The molecule has 0 saturated heterocycles. The molecule has 3 heteroatoms. The highest BCUT2D eigenvalue weighted by Crippen LogP contribution is 2.16. The van der Waals surface area contributed by atoms with E-state index in [1.54, 1.807) is 18.2 Å². The maximum Gasteiger partial charge on any atom is 0.124 e. The number of halogens is 1. The first-order chi connectivity index (χ1) is 8.74. The highest BCUT2D eigenvalue weighted by atomic mass is 35.5. The van der Waals surface area contributed by atoms with Crippen molar-refractivity contribution in [2.75, 3.05) is 0 Å². The third-order valence-corrected chi connectivity index (χ3v) is 2.58. The highest BCUT2D eigenvalue weighted by molar-refractivity contribution is 6.30. The molecule has 0 atom stereocenters. The molecule has 0 amide bonds. The normalized spacial score (nSPS) is 11.9. The van der Waals surface area contributed by atoms with Crippen LogP contribution in [0.2, 0.25) is 5.02 Å². The summed E-state index contributed by atoms with van der Waals surface area (Å²) in [6.07, 6.45) is 3.71. The lowest BCUT2D eigenvalue weighted by molar-refractivity contribution is 1.48. The Morgan fingerprint density at radius 1 is 1.00 bits per heavy atom. The van der Waals surface area contributed by atoms with E-state index in [1.165, 1.54) is 0 Å². The van der Waals surface area contributed by atoms with Crippen LogP contribution in [0.25, 0.3) is 6.08 Å². The zero-order chi connectivity index (χ0) is 12.8. The molecule has 2 aromatic rings. The maximum absolute atomic E-state index is 5.82. The molecule has 0 radical (unpaired) electrons. The van der Waals surface area contributed by atoms with Gasteiger partial charge >= 0.3 is 0 Å². The zero-order valence-corrected chi connectivity index (χ0v) is 10.5. The van der Waals surface area contributed by atoms with E-state index in [9.17, 15) is 0 Å². The lowest BCUT2D eigenvalue weighted by atomic mass is 10.2. The molecule has 0 aliphatic rings. The number of benzene rings is 2. The van der Waals surface area contributed by atoms with Gasteiger partial charge in [0.05, 0.1) is 5.69 Å². The van der Waals surface area contributed by atoms with E-state index in [-0.39, 0.29) is 0 Å². The summed E-state index contributed by atoms with van der Waals surface area (Å²) >= 11 is 5.80. The molecular weight excluding hydrogens is 244 g/mol. The second-order valence-electron chi connectivity index (χ2n) is 3.76. The number of hydrogen-bond acceptors (Lipinski definition) is 1. The van der Waals surface area contributed by atoms with Crippen LogP contribution in [-0.2, 0) is 0 Å². The molecule has 0 spiro atoms. The molecule has 0 heterocycles. The summed E-state index contributed by atoms with van der Waals surface area (Å²) < 4.78 is 0. The molecule has 90 valence electrons. The fourth-order valence-corrected chi connectivity index (χ4v) is 1.57. The number of aliphatic imine (C=N–C) groups is 1. The highest BCUT2D eigenvalue weighted by Gasteiger charge is 1.91. The van der Waals surface area contributed by atoms with Gasteiger partial charge < -0.3 is 5.73 Å². The molecule has 0 fully saturated rings. The predicted molar refractivity (Wildman–Crippen MR) is 78.2 cm³/mol. The lowest BCUT2D eigenvalue weighted by Crippen LogP contribution is -2.06. The van der Waals surface area contributed by atoms with E-state index in [0.29, 0.717) is 10.9 Å². The molecule has 2 rings (SSSR count). The summed E-state index contributed by atoms with van der Waals surface area (Å²) in [7, 11) is 0. The smallest absolute Gasteiger partial charge is 0.124 e. The molecule has 0 aliphatic carbocycles. The first kappa shape index (κ1) is 12.4. The first-order valence-corrected chi connectivity index (χ1v) is 5.95. The van der Waals surface area contributed by atoms with E-state index in [2.05, 4.69) is 4.99 Å². The number of rotatable bonds is 3. The minimum atomic E-state index is 0.459. The van der Waals surface area contributed by atoms with E-state index in [4.69, 9.17) is 17.3 Å². The molecule has 0 saturated carbocycles. The van der Waals surface area contributed by atoms with Crippen LogP contribution in [0, 0.1) is 0 Å². The maximum atomic E-state index is 5.82. The van der Waals surface area contributed by atoms with Crippen molar-refractivity contribution >= 4 is 29.2 Å². The molecule has 2 nitrogen and oxygen atoms in total. The third-order valence-electron chi connectivity index (χ3n) is 2.33. The number of amidine groups is 1. The summed E-state index contributed by atoms with van der Waals surface area (Å²) in [4.78, 5) is 4.26. The van der Waals surface area contributed by atoms with Crippen LogP contribution in [0.5, 0.6) is 0 Å². The zero-order valence-electron chi connectivity index (χ0n) is 9.75. The minimum absolute atomic E-state index is 0.459. The van der Waals surface area contributed by atoms with Crippen LogP contribution in [0.4, 0.5) is 5.69 Å². The Morgan fingerprint density at radius 2 is 1.67 bits per heavy atom. The van der Waals surface area contributed by atoms with Crippen LogP contribution in [0.1, 0.15) is 5.56 Å². The Bertz CT molecular complexity index is 557. The predicted octanol–water partition coefficient (Wildman–Crippen LogP) is 4.04. The van der Waals surface area contributed by atoms with Crippen LogP contribution in [0.3, 0.4) is 0 Å². The molecule has 18 heavy (non-hydrogen) atoms. The first-order valence-electron chi connectivity index (χ1n) is 5.57. The SMILES string of the molecule is NC(C=Cc1ccccc1)=Nc1ccc(Cl)cc1. The Balaban J connectivity index is 2.10. The van der Waals surface area contributed by atoms with Crippen molar-refractivity contribution in [1.82, 2.24) is 0 Å². The van der Waals surface area contributed by atoms with Gasteiger partial charge in [-0.25, -0.2) is 4.99 Å². The van der Waals surface area contributed by atoms with E-state index in [0.717, 1.165) is 11.3 Å². The molecule has 2 aromatic carbocycles. The standard InChI is InChI=1S/C15H13ClN2/c16-13-7-9-14(10-8-13)18-15(17)11-6-12-4-2-1-3-5-12/h1-11H,(H2,17,18). The van der Waals surface area contributed by atoms with Crippen LogP contribution >= 0.6 is 11.6 Å². The van der Waals surface area contributed by atoms with E-state index < -0.39 is 0 Å². The summed E-state index contributed by atoms with van der Waals surface area (Å²) in [6, 6.07) is 17.2. The molecule has 0 aliphatic heterocycles. The van der Waals surface area contributed by atoms with Crippen molar-refractivity contribution in [3.8, 4) is 0 Å². The van der Waals surface area contributed by atoms with Crippen LogP contribution in [-0.4, -0.2) is 5.84 Å². The van der Waals surface area contributed by atoms with Crippen molar-refractivity contribution in [1.29, 1.82) is 0 Å². The monoisotopic (exact) mass is 256 g/mol. The third kappa shape index (κ3) is 3.75. The van der Waals surface area contributed by atoms with Crippen molar-refractivity contribution in [3.63, 3.8) is 0 Å². The molecule has 2 N–H and O–H groups in total. The van der Waals surface area contributed by atoms with Gasteiger partial charge in [0.1, 0.15) is 5.84 Å². The number of hydrogen-bond donors (Lipinski definition) is 1. The largest absolute Gasteiger partial charge is 0.384 e. The summed E-state index contributed by atoms with van der Waals surface area (Å²) in [5.74, 6) is 0.459.